The van der Waals surface area contributed by atoms with Crippen molar-refractivity contribution in [1.29, 1.82) is 0 Å². The second-order valence-electron chi connectivity index (χ2n) is 3.24. The van der Waals surface area contributed by atoms with Crippen molar-refractivity contribution in [2.24, 2.45) is 0 Å². The van der Waals surface area contributed by atoms with Gasteiger partial charge in [0.2, 0.25) is 0 Å². The molecule has 0 atom stereocenters. The predicted molar refractivity (Wildman–Crippen MR) is 62.2 cm³/mol. The Morgan fingerprint density at radius 3 is 3.07 bits per heavy atom. The van der Waals surface area contributed by atoms with Crippen LogP contribution in [-0.2, 0) is 16.0 Å². The molecule has 0 saturated carbocycles. The molecule has 0 unspecified atom stereocenters. The highest BCUT2D eigenvalue weighted by Crippen LogP contribution is 2.25. The van der Waals surface area contributed by atoms with Crippen molar-refractivity contribution in [2.45, 2.75) is 13.3 Å². The van der Waals surface area contributed by atoms with Crippen LogP contribution in [0, 0.1) is 0 Å². The average Bonchev–Trinajstić information content (AvgIpc) is 2.67. The second-order valence-corrected chi connectivity index (χ2v) is 4.15. The van der Waals surface area contributed by atoms with Gasteiger partial charge in [-0.1, -0.05) is 18.2 Å². The van der Waals surface area contributed by atoms with Crippen LogP contribution in [0.15, 0.2) is 29.6 Å². The molecule has 15 heavy (non-hydrogen) atoms. The van der Waals surface area contributed by atoms with E-state index in [9.17, 15) is 4.79 Å². The molecular weight excluding hydrogens is 208 g/mol. The minimum Gasteiger partial charge on any atom is -0.466 e. The third-order valence-electron chi connectivity index (χ3n) is 2.20. The number of hydrogen-bond donors (Lipinski definition) is 0. The lowest BCUT2D eigenvalue weighted by Gasteiger charge is -2.02. The summed E-state index contributed by atoms with van der Waals surface area (Å²) in [5, 5.41) is 3.24. The summed E-state index contributed by atoms with van der Waals surface area (Å²) in [6.07, 6.45) is 0.367. The van der Waals surface area contributed by atoms with Gasteiger partial charge in [-0.05, 0) is 29.3 Å². The summed E-state index contributed by atoms with van der Waals surface area (Å²) in [5.41, 5.74) is 1.06. The van der Waals surface area contributed by atoms with Crippen LogP contribution in [0.2, 0.25) is 0 Å². The number of ether oxygens (including phenoxy) is 1. The Bertz CT molecular complexity index is 473. The minimum atomic E-state index is -0.154. The highest BCUT2D eigenvalue weighted by atomic mass is 32.1. The summed E-state index contributed by atoms with van der Waals surface area (Å²) in [6.45, 7) is 2.27. The fourth-order valence-corrected chi connectivity index (χ4v) is 2.48. The van der Waals surface area contributed by atoms with Gasteiger partial charge in [-0.2, -0.15) is 0 Å². The summed E-state index contributed by atoms with van der Waals surface area (Å²) in [7, 11) is 0. The third-order valence-corrected chi connectivity index (χ3v) is 3.21. The van der Waals surface area contributed by atoms with Gasteiger partial charge in [-0.3, -0.25) is 4.79 Å². The van der Waals surface area contributed by atoms with Crippen molar-refractivity contribution in [2.75, 3.05) is 6.61 Å². The zero-order chi connectivity index (χ0) is 10.7. The van der Waals surface area contributed by atoms with Crippen molar-refractivity contribution < 1.29 is 9.53 Å². The Morgan fingerprint density at radius 2 is 2.27 bits per heavy atom. The van der Waals surface area contributed by atoms with Gasteiger partial charge >= 0.3 is 5.97 Å². The van der Waals surface area contributed by atoms with E-state index in [4.69, 9.17) is 4.74 Å². The van der Waals surface area contributed by atoms with E-state index in [-0.39, 0.29) is 5.97 Å². The van der Waals surface area contributed by atoms with Gasteiger partial charge in [-0.15, -0.1) is 11.3 Å². The maximum atomic E-state index is 11.4. The molecule has 1 heterocycles. The van der Waals surface area contributed by atoms with Gasteiger partial charge in [0.25, 0.3) is 0 Å². The molecule has 1 aromatic heterocycles. The van der Waals surface area contributed by atoms with Crippen molar-refractivity contribution in [3.05, 3.63) is 35.2 Å². The van der Waals surface area contributed by atoms with E-state index in [1.807, 2.05) is 24.4 Å². The van der Waals surface area contributed by atoms with E-state index >= 15 is 0 Å². The Labute approximate surface area is 92.5 Å². The monoisotopic (exact) mass is 220 g/mol. The van der Waals surface area contributed by atoms with Gasteiger partial charge in [0.15, 0.2) is 0 Å². The molecule has 2 nitrogen and oxygen atoms in total. The standard InChI is InChI=1S/C12H12O2S/c1-2-14-11(13)8-10-5-3-4-9-6-7-15-12(9)10/h3-7H,2,8H2,1H3. The zero-order valence-corrected chi connectivity index (χ0v) is 9.34. The van der Waals surface area contributed by atoms with Crippen molar-refractivity contribution >= 4 is 27.4 Å². The molecule has 1 aromatic carbocycles. The second kappa shape index (κ2) is 4.45. The van der Waals surface area contributed by atoms with E-state index in [1.165, 1.54) is 10.1 Å². The maximum Gasteiger partial charge on any atom is 0.310 e. The molecule has 0 bridgehead atoms. The summed E-state index contributed by atoms with van der Waals surface area (Å²) in [5.74, 6) is -0.154. The van der Waals surface area contributed by atoms with E-state index < -0.39 is 0 Å². The highest BCUT2D eigenvalue weighted by Gasteiger charge is 2.07. The Hall–Kier alpha value is -1.35. The molecule has 0 amide bonds. The number of benzene rings is 1. The smallest absolute Gasteiger partial charge is 0.310 e. The first kappa shape index (κ1) is 10.2. The molecule has 0 fully saturated rings. The molecule has 0 aliphatic carbocycles. The third kappa shape index (κ3) is 2.18. The minimum absolute atomic E-state index is 0.154. The van der Waals surface area contributed by atoms with Crippen molar-refractivity contribution in [1.82, 2.24) is 0 Å². The molecule has 2 rings (SSSR count). The van der Waals surface area contributed by atoms with Gasteiger partial charge in [0.1, 0.15) is 0 Å². The van der Waals surface area contributed by atoms with E-state index in [0.717, 1.165) is 5.56 Å². The van der Waals surface area contributed by atoms with Crippen LogP contribution in [-0.4, -0.2) is 12.6 Å². The molecule has 78 valence electrons. The maximum absolute atomic E-state index is 11.4. The molecule has 0 radical (unpaired) electrons. The van der Waals surface area contributed by atoms with E-state index in [2.05, 4.69) is 12.1 Å². The van der Waals surface area contributed by atoms with E-state index in [0.29, 0.717) is 13.0 Å². The van der Waals surface area contributed by atoms with Crippen LogP contribution >= 0.6 is 11.3 Å². The number of carbonyl (C=O) groups is 1. The predicted octanol–water partition coefficient (Wildman–Crippen LogP) is 3.01. The average molecular weight is 220 g/mol. The SMILES string of the molecule is CCOC(=O)Cc1cccc2ccsc12. The number of fused-ring (bicyclic) bond motifs is 1. The van der Waals surface area contributed by atoms with Crippen LogP contribution in [0.3, 0.4) is 0 Å². The molecule has 0 aliphatic heterocycles. The Morgan fingerprint density at radius 1 is 1.40 bits per heavy atom. The fraction of sp³-hybridized carbons (Fsp3) is 0.250. The summed E-state index contributed by atoms with van der Waals surface area (Å²) < 4.78 is 6.12. The zero-order valence-electron chi connectivity index (χ0n) is 8.53. The Kier molecular flexibility index (Phi) is 3.02. The first-order chi connectivity index (χ1) is 7.31. The largest absolute Gasteiger partial charge is 0.466 e. The lowest BCUT2D eigenvalue weighted by Crippen LogP contribution is -2.07. The van der Waals surface area contributed by atoms with Crippen LogP contribution in [0.4, 0.5) is 0 Å². The van der Waals surface area contributed by atoms with E-state index in [1.54, 1.807) is 11.3 Å². The quantitative estimate of drug-likeness (QED) is 0.743. The van der Waals surface area contributed by atoms with Crippen molar-refractivity contribution in [3.63, 3.8) is 0 Å². The summed E-state index contributed by atoms with van der Waals surface area (Å²) >= 11 is 1.67. The molecule has 2 aromatic rings. The van der Waals surface area contributed by atoms with Gasteiger partial charge in [0.05, 0.1) is 13.0 Å². The fourth-order valence-electron chi connectivity index (χ4n) is 1.56. The van der Waals surface area contributed by atoms with Crippen LogP contribution in [0.25, 0.3) is 10.1 Å². The molecular formula is C12H12O2S. The number of thiophene rings is 1. The topological polar surface area (TPSA) is 26.3 Å². The Balaban J connectivity index is 2.27. The highest BCUT2D eigenvalue weighted by molar-refractivity contribution is 7.17. The van der Waals surface area contributed by atoms with Gasteiger partial charge in [0, 0.05) is 4.70 Å². The molecule has 0 aliphatic rings. The normalized spacial score (nSPS) is 10.5. The first-order valence-corrected chi connectivity index (χ1v) is 5.80. The van der Waals surface area contributed by atoms with Crippen LogP contribution in [0.5, 0.6) is 0 Å². The molecule has 0 N–H and O–H groups in total. The molecule has 0 spiro atoms. The first-order valence-electron chi connectivity index (χ1n) is 4.92. The van der Waals surface area contributed by atoms with Crippen LogP contribution in [0.1, 0.15) is 12.5 Å². The molecule has 3 heteroatoms. The number of carbonyl (C=O) groups excluding carboxylic acids is 1. The summed E-state index contributed by atoms with van der Waals surface area (Å²) in [4.78, 5) is 11.4. The van der Waals surface area contributed by atoms with Crippen LogP contribution < -0.4 is 0 Å². The molecule has 0 saturated heterocycles. The number of esters is 1. The summed E-state index contributed by atoms with van der Waals surface area (Å²) in [6, 6.07) is 8.08. The van der Waals surface area contributed by atoms with Gasteiger partial charge in [-0.25, -0.2) is 0 Å². The van der Waals surface area contributed by atoms with Gasteiger partial charge < -0.3 is 4.74 Å². The lowest BCUT2D eigenvalue weighted by molar-refractivity contribution is -0.142. The number of hydrogen-bond acceptors (Lipinski definition) is 3. The lowest BCUT2D eigenvalue weighted by atomic mass is 10.1. The van der Waals surface area contributed by atoms with Crippen molar-refractivity contribution in [3.8, 4) is 0 Å². The number of rotatable bonds is 3.